The fraction of sp³-hybridized carbons (Fsp3) is 0.200. The highest BCUT2D eigenvalue weighted by Crippen LogP contribution is 2.21. The van der Waals surface area contributed by atoms with Gasteiger partial charge in [-0.3, -0.25) is 0 Å². The number of hydrogen-bond donors (Lipinski definition) is 0. The Balaban J connectivity index is 2.40. The average molecular weight is 262 g/mol. The Morgan fingerprint density at radius 1 is 0.722 bits per heavy atom. The molecule has 0 bridgehead atoms. The van der Waals surface area contributed by atoms with Gasteiger partial charge in [-0.15, -0.1) is 0 Å². The predicted octanol–water partition coefficient (Wildman–Crippen LogP) is 4.18. The quantitative estimate of drug-likeness (QED) is 0.712. The van der Waals surface area contributed by atoms with E-state index in [0.29, 0.717) is 5.56 Å². The third-order valence-electron chi connectivity index (χ3n) is 2.95. The molecule has 3 heteroatoms. The van der Waals surface area contributed by atoms with E-state index in [4.69, 9.17) is 0 Å². The van der Waals surface area contributed by atoms with Crippen molar-refractivity contribution in [2.24, 2.45) is 0 Å². The molecule has 0 atom stereocenters. The highest BCUT2D eigenvalue weighted by atomic mass is 28.3. The molecule has 0 saturated heterocycles. The molecule has 0 aromatic heterocycles. The van der Waals surface area contributed by atoms with E-state index < -0.39 is 19.7 Å². The zero-order chi connectivity index (χ0) is 13.3. The van der Waals surface area contributed by atoms with Crippen LogP contribution in [0.15, 0.2) is 42.5 Å². The first-order valence-corrected chi connectivity index (χ1v) is 9.43. The van der Waals surface area contributed by atoms with Crippen molar-refractivity contribution in [2.75, 3.05) is 0 Å². The van der Waals surface area contributed by atoms with E-state index in [-0.39, 0.29) is 0 Å². The lowest BCUT2D eigenvalue weighted by molar-refractivity contribution is 0.584. The summed E-state index contributed by atoms with van der Waals surface area (Å²) in [6, 6.07) is 11.6. The van der Waals surface area contributed by atoms with Crippen LogP contribution in [-0.2, 0) is 0 Å². The van der Waals surface area contributed by atoms with Crippen LogP contribution in [0.3, 0.4) is 0 Å². The Labute approximate surface area is 107 Å². The molecule has 0 aliphatic carbocycles. The minimum Gasteiger partial charge on any atom is -0.207 e. The number of halogens is 2. The van der Waals surface area contributed by atoms with Gasteiger partial charge in [0.1, 0.15) is 11.6 Å². The van der Waals surface area contributed by atoms with Crippen LogP contribution in [0.25, 0.3) is 11.1 Å². The number of rotatable bonds is 2. The van der Waals surface area contributed by atoms with Crippen molar-refractivity contribution in [3.63, 3.8) is 0 Å². The molecular formula is C15H16F2Si. The van der Waals surface area contributed by atoms with Gasteiger partial charge in [-0.05, 0) is 23.3 Å². The van der Waals surface area contributed by atoms with Crippen LogP contribution in [0.5, 0.6) is 0 Å². The van der Waals surface area contributed by atoms with Gasteiger partial charge in [0.15, 0.2) is 0 Å². The maximum absolute atomic E-state index is 13.1. The summed E-state index contributed by atoms with van der Waals surface area (Å²) in [6.45, 7) is 6.80. The summed E-state index contributed by atoms with van der Waals surface area (Å²) < 4.78 is 26.3. The van der Waals surface area contributed by atoms with E-state index in [1.54, 1.807) is 0 Å². The summed E-state index contributed by atoms with van der Waals surface area (Å²) in [7, 11) is -1.33. The van der Waals surface area contributed by atoms with Crippen molar-refractivity contribution in [1.82, 2.24) is 0 Å². The topological polar surface area (TPSA) is 0 Å². The summed E-state index contributed by atoms with van der Waals surface area (Å²) in [6.07, 6.45) is 0. The van der Waals surface area contributed by atoms with Gasteiger partial charge in [0.25, 0.3) is 0 Å². The standard InChI is InChI=1S/C15H16F2Si/c1-18(2,3)15-6-4-11(5-7-15)12-8-13(16)10-14(17)9-12/h4-10H,1-3H3. The highest BCUT2D eigenvalue weighted by molar-refractivity contribution is 6.88. The SMILES string of the molecule is C[Si](C)(C)c1ccc(-c2cc(F)cc(F)c2)cc1. The molecule has 94 valence electrons. The van der Waals surface area contributed by atoms with Gasteiger partial charge in [0.05, 0.1) is 8.07 Å². The second kappa shape index (κ2) is 4.65. The summed E-state index contributed by atoms with van der Waals surface area (Å²) >= 11 is 0. The molecule has 0 nitrogen and oxygen atoms in total. The molecule has 0 N–H and O–H groups in total. The fourth-order valence-electron chi connectivity index (χ4n) is 1.88. The van der Waals surface area contributed by atoms with E-state index in [9.17, 15) is 8.78 Å². The fourth-order valence-corrected chi connectivity index (χ4v) is 3.05. The molecule has 2 aromatic carbocycles. The van der Waals surface area contributed by atoms with Crippen molar-refractivity contribution < 1.29 is 8.78 Å². The van der Waals surface area contributed by atoms with Gasteiger partial charge >= 0.3 is 0 Å². The molecule has 2 rings (SSSR count). The van der Waals surface area contributed by atoms with Crippen LogP contribution < -0.4 is 5.19 Å². The Kier molecular flexibility index (Phi) is 3.35. The molecule has 0 unspecified atom stereocenters. The second-order valence-corrected chi connectivity index (χ2v) is 10.6. The van der Waals surface area contributed by atoms with E-state index in [0.717, 1.165) is 11.6 Å². The largest absolute Gasteiger partial charge is 0.207 e. The molecule has 0 aliphatic rings. The third kappa shape index (κ3) is 2.85. The first-order chi connectivity index (χ1) is 8.36. The maximum atomic E-state index is 13.1. The molecular weight excluding hydrogens is 246 g/mol. The van der Waals surface area contributed by atoms with Gasteiger partial charge in [-0.25, -0.2) is 8.78 Å². The van der Waals surface area contributed by atoms with E-state index in [2.05, 4.69) is 31.8 Å². The Bertz CT molecular complexity index is 533. The van der Waals surface area contributed by atoms with Gasteiger partial charge < -0.3 is 0 Å². The lowest BCUT2D eigenvalue weighted by Gasteiger charge is -2.16. The summed E-state index contributed by atoms with van der Waals surface area (Å²) in [4.78, 5) is 0. The lowest BCUT2D eigenvalue weighted by Crippen LogP contribution is -2.37. The van der Waals surface area contributed by atoms with Gasteiger partial charge in [-0.2, -0.15) is 0 Å². The Hall–Kier alpha value is -1.48. The molecule has 18 heavy (non-hydrogen) atoms. The van der Waals surface area contributed by atoms with E-state index >= 15 is 0 Å². The minimum atomic E-state index is -1.33. The van der Waals surface area contributed by atoms with Crippen molar-refractivity contribution in [1.29, 1.82) is 0 Å². The number of hydrogen-bond acceptors (Lipinski definition) is 0. The van der Waals surface area contributed by atoms with Crippen LogP contribution in [0.2, 0.25) is 19.6 Å². The van der Waals surface area contributed by atoms with E-state index in [1.807, 2.05) is 12.1 Å². The molecule has 0 heterocycles. The monoisotopic (exact) mass is 262 g/mol. The average Bonchev–Trinajstić information content (AvgIpc) is 2.27. The van der Waals surface area contributed by atoms with Crippen molar-refractivity contribution in [3.8, 4) is 11.1 Å². The Morgan fingerprint density at radius 2 is 1.22 bits per heavy atom. The normalized spacial score (nSPS) is 11.6. The smallest absolute Gasteiger partial charge is 0.126 e. The molecule has 2 aromatic rings. The van der Waals surface area contributed by atoms with E-state index in [1.165, 1.54) is 17.3 Å². The zero-order valence-electron chi connectivity index (χ0n) is 10.8. The maximum Gasteiger partial charge on any atom is 0.126 e. The van der Waals surface area contributed by atoms with Crippen LogP contribution in [-0.4, -0.2) is 8.07 Å². The van der Waals surface area contributed by atoms with Gasteiger partial charge in [0.2, 0.25) is 0 Å². The molecule has 0 aliphatic heterocycles. The van der Waals surface area contributed by atoms with Gasteiger partial charge in [-0.1, -0.05) is 49.1 Å². The van der Waals surface area contributed by atoms with Gasteiger partial charge in [0, 0.05) is 6.07 Å². The molecule has 0 spiro atoms. The minimum absolute atomic E-state index is 0.542. The number of benzene rings is 2. The van der Waals surface area contributed by atoms with Crippen LogP contribution in [0.4, 0.5) is 8.78 Å². The van der Waals surface area contributed by atoms with Crippen LogP contribution in [0.1, 0.15) is 0 Å². The van der Waals surface area contributed by atoms with Crippen LogP contribution >= 0.6 is 0 Å². The summed E-state index contributed by atoms with van der Waals surface area (Å²) in [5.41, 5.74) is 1.42. The van der Waals surface area contributed by atoms with Crippen molar-refractivity contribution in [3.05, 3.63) is 54.1 Å². The van der Waals surface area contributed by atoms with Crippen molar-refractivity contribution in [2.45, 2.75) is 19.6 Å². The Morgan fingerprint density at radius 3 is 1.67 bits per heavy atom. The predicted molar refractivity (Wildman–Crippen MR) is 74.8 cm³/mol. The molecule has 0 saturated carbocycles. The first-order valence-electron chi connectivity index (χ1n) is 5.93. The van der Waals surface area contributed by atoms with Crippen molar-refractivity contribution >= 4 is 13.3 Å². The van der Waals surface area contributed by atoms with Crippen LogP contribution in [0, 0.1) is 11.6 Å². The lowest BCUT2D eigenvalue weighted by atomic mass is 10.1. The third-order valence-corrected chi connectivity index (χ3v) is 5.01. The zero-order valence-corrected chi connectivity index (χ0v) is 11.8. The highest BCUT2D eigenvalue weighted by Gasteiger charge is 2.15. The molecule has 0 fully saturated rings. The molecule has 0 amide bonds. The second-order valence-electron chi connectivity index (χ2n) is 5.49. The summed E-state index contributed by atoms with van der Waals surface area (Å²) in [5, 5.41) is 1.34. The summed E-state index contributed by atoms with van der Waals surface area (Å²) in [5.74, 6) is -1.08. The molecule has 0 radical (unpaired) electrons. The first kappa shape index (κ1) is 13.0.